The Balaban J connectivity index is 1.58. The first kappa shape index (κ1) is 21.7. The molecule has 1 saturated carbocycles. The molecule has 0 radical (unpaired) electrons. The van der Waals surface area contributed by atoms with Crippen molar-refractivity contribution < 1.29 is 13.2 Å². The molecule has 1 fully saturated rings. The van der Waals surface area contributed by atoms with Crippen LogP contribution in [0.3, 0.4) is 0 Å². The van der Waals surface area contributed by atoms with Crippen molar-refractivity contribution in [2.45, 2.75) is 37.5 Å². The number of carbonyl (C=O) groups excluding carboxylic acids is 1. The maximum absolute atomic E-state index is 12.4. The summed E-state index contributed by atoms with van der Waals surface area (Å²) >= 11 is 1.94. The normalized spacial score (nSPS) is 14.7. The van der Waals surface area contributed by atoms with Crippen molar-refractivity contribution in [2.75, 3.05) is 22.9 Å². The molecule has 1 amide bonds. The molecule has 29 heavy (non-hydrogen) atoms. The summed E-state index contributed by atoms with van der Waals surface area (Å²) in [6.07, 6.45) is 6.43. The molecular weight excluding hydrogens is 404 g/mol. The Morgan fingerprint density at radius 2 is 1.72 bits per heavy atom. The Hall–Kier alpha value is -1.99. The first-order valence-corrected chi connectivity index (χ1v) is 12.8. The topological polar surface area (TPSA) is 66.5 Å². The average molecular weight is 433 g/mol. The van der Waals surface area contributed by atoms with Gasteiger partial charge in [0.1, 0.15) is 0 Å². The number of nitrogens with zero attached hydrogens (tertiary/aromatic N) is 1. The summed E-state index contributed by atoms with van der Waals surface area (Å²) in [6.45, 7) is 0.898. The molecule has 0 aliphatic heterocycles. The van der Waals surface area contributed by atoms with Crippen LogP contribution >= 0.6 is 11.8 Å². The third-order valence-electron chi connectivity index (χ3n) is 5.03. The van der Waals surface area contributed by atoms with E-state index < -0.39 is 10.0 Å². The molecule has 2 aromatic carbocycles. The number of thioether (sulfide) groups is 1. The second kappa shape index (κ2) is 10.2. The number of hydrogen-bond donors (Lipinski definition) is 1. The van der Waals surface area contributed by atoms with Crippen LogP contribution in [0.4, 0.5) is 5.69 Å². The minimum atomic E-state index is -3.45. The maximum atomic E-state index is 12.4. The SMILES string of the molecule is CS(=O)(=O)N(Cc1ccccc1)c1ccc(C(=O)NCCSC2CCCC2)cc1. The van der Waals surface area contributed by atoms with E-state index in [1.165, 1.54) is 36.2 Å². The minimum absolute atomic E-state index is 0.127. The van der Waals surface area contributed by atoms with E-state index in [2.05, 4.69) is 5.32 Å². The molecule has 156 valence electrons. The predicted molar refractivity (Wildman–Crippen MR) is 121 cm³/mol. The molecule has 5 nitrogen and oxygen atoms in total. The molecule has 7 heteroatoms. The van der Waals surface area contributed by atoms with Gasteiger partial charge in [0, 0.05) is 23.1 Å². The van der Waals surface area contributed by atoms with Crippen molar-refractivity contribution in [3.05, 3.63) is 65.7 Å². The van der Waals surface area contributed by atoms with Crippen molar-refractivity contribution >= 4 is 33.4 Å². The van der Waals surface area contributed by atoms with Crippen LogP contribution in [-0.4, -0.2) is 38.1 Å². The number of anilines is 1. The highest BCUT2D eigenvalue weighted by Gasteiger charge is 2.18. The zero-order valence-electron chi connectivity index (χ0n) is 16.7. The highest BCUT2D eigenvalue weighted by molar-refractivity contribution is 7.99. The molecule has 3 rings (SSSR count). The summed E-state index contributed by atoms with van der Waals surface area (Å²) in [5, 5.41) is 3.70. The Morgan fingerprint density at radius 3 is 2.34 bits per heavy atom. The van der Waals surface area contributed by atoms with Crippen molar-refractivity contribution in [3.63, 3.8) is 0 Å². The van der Waals surface area contributed by atoms with Gasteiger partial charge in [-0.1, -0.05) is 43.2 Å². The Morgan fingerprint density at radius 1 is 1.07 bits per heavy atom. The Labute approximate surface area is 177 Å². The van der Waals surface area contributed by atoms with Crippen molar-refractivity contribution in [1.82, 2.24) is 5.32 Å². The van der Waals surface area contributed by atoms with Gasteiger partial charge in [0.05, 0.1) is 18.5 Å². The molecule has 0 saturated heterocycles. The predicted octanol–water partition coefficient (Wildman–Crippen LogP) is 4.06. The van der Waals surface area contributed by atoms with Crippen LogP contribution in [0.25, 0.3) is 0 Å². The molecule has 0 unspecified atom stereocenters. The van der Waals surface area contributed by atoms with E-state index in [1.807, 2.05) is 42.1 Å². The highest BCUT2D eigenvalue weighted by atomic mass is 32.2. The van der Waals surface area contributed by atoms with Gasteiger partial charge in [-0.2, -0.15) is 11.8 Å². The van der Waals surface area contributed by atoms with E-state index in [0.717, 1.165) is 16.6 Å². The number of sulfonamides is 1. The van der Waals surface area contributed by atoms with E-state index in [9.17, 15) is 13.2 Å². The van der Waals surface area contributed by atoms with Crippen molar-refractivity contribution in [2.24, 2.45) is 0 Å². The largest absolute Gasteiger partial charge is 0.351 e. The second-order valence-corrected chi connectivity index (χ2v) is 10.7. The number of amides is 1. The van der Waals surface area contributed by atoms with Crippen LogP contribution in [-0.2, 0) is 16.6 Å². The molecule has 1 aliphatic rings. The van der Waals surface area contributed by atoms with Gasteiger partial charge in [-0.05, 0) is 42.7 Å². The molecular formula is C22H28N2O3S2. The van der Waals surface area contributed by atoms with Crippen LogP contribution in [0, 0.1) is 0 Å². The first-order chi connectivity index (χ1) is 13.9. The van der Waals surface area contributed by atoms with Gasteiger partial charge in [-0.25, -0.2) is 8.42 Å². The molecule has 0 bridgehead atoms. The summed E-state index contributed by atoms with van der Waals surface area (Å²) in [4.78, 5) is 12.4. The lowest BCUT2D eigenvalue weighted by molar-refractivity contribution is 0.0956. The molecule has 0 spiro atoms. The molecule has 2 aromatic rings. The van der Waals surface area contributed by atoms with E-state index in [0.29, 0.717) is 17.8 Å². The fourth-order valence-corrected chi connectivity index (χ4v) is 5.58. The zero-order valence-corrected chi connectivity index (χ0v) is 18.3. The monoisotopic (exact) mass is 432 g/mol. The second-order valence-electron chi connectivity index (χ2n) is 7.34. The molecule has 0 aromatic heterocycles. The van der Waals surface area contributed by atoms with Gasteiger partial charge in [0.15, 0.2) is 0 Å². The summed E-state index contributed by atoms with van der Waals surface area (Å²) in [7, 11) is -3.45. The molecule has 1 N–H and O–H groups in total. The number of rotatable bonds is 9. The fraction of sp³-hybridized carbons (Fsp3) is 0.409. The number of carbonyl (C=O) groups is 1. The first-order valence-electron chi connectivity index (χ1n) is 9.95. The van der Waals surface area contributed by atoms with E-state index in [4.69, 9.17) is 0 Å². The summed E-state index contributed by atoms with van der Waals surface area (Å²) < 4.78 is 25.9. The summed E-state index contributed by atoms with van der Waals surface area (Å²) in [6, 6.07) is 16.2. The van der Waals surface area contributed by atoms with Gasteiger partial charge >= 0.3 is 0 Å². The van der Waals surface area contributed by atoms with Crippen LogP contribution in [0.5, 0.6) is 0 Å². The Kier molecular flexibility index (Phi) is 7.61. The number of nitrogens with one attached hydrogen (secondary N) is 1. The third kappa shape index (κ3) is 6.51. The number of benzene rings is 2. The van der Waals surface area contributed by atoms with E-state index >= 15 is 0 Å². The smallest absolute Gasteiger partial charge is 0.251 e. The van der Waals surface area contributed by atoms with Gasteiger partial charge in [0.25, 0.3) is 5.91 Å². The van der Waals surface area contributed by atoms with Crippen molar-refractivity contribution in [3.8, 4) is 0 Å². The van der Waals surface area contributed by atoms with Gasteiger partial charge in [-0.15, -0.1) is 0 Å². The van der Waals surface area contributed by atoms with Crippen LogP contribution < -0.4 is 9.62 Å². The lowest BCUT2D eigenvalue weighted by Gasteiger charge is -2.22. The minimum Gasteiger partial charge on any atom is -0.351 e. The third-order valence-corrected chi connectivity index (χ3v) is 7.55. The molecule has 0 atom stereocenters. The fourth-order valence-electron chi connectivity index (χ4n) is 3.48. The summed E-state index contributed by atoms with van der Waals surface area (Å²) in [5.74, 6) is 0.797. The van der Waals surface area contributed by atoms with Crippen LogP contribution in [0.15, 0.2) is 54.6 Å². The average Bonchev–Trinajstić information content (AvgIpc) is 3.23. The van der Waals surface area contributed by atoms with E-state index in [-0.39, 0.29) is 12.5 Å². The quantitative estimate of drug-likeness (QED) is 0.607. The highest BCUT2D eigenvalue weighted by Crippen LogP contribution is 2.29. The Bertz CT molecular complexity index is 893. The molecule has 1 aliphatic carbocycles. The van der Waals surface area contributed by atoms with Gasteiger partial charge in [-0.3, -0.25) is 9.10 Å². The summed E-state index contributed by atoms with van der Waals surface area (Å²) in [5.41, 5.74) is 1.98. The standard InChI is InChI=1S/C22H28N2O3S2/c1-29(26,27)24(17-18-7-3-2-4-8-18)20-13-11-19(12-14-20)22(25)23-15-16-28-21-9-5-6-10-21/h2-4,7-8,11-14,21H,5-6,9-10,15-17H2,1H3,(H,23,25). The molecule has 0 heterocycles. The van der Waals surface area contributed by atoms with Crippen molar-refractivity contribution in [1.29, 1.82) is 0 Å². The zero-order chi connectivity index (χ0) is 20.7. The van der Waals surface area contributed by atoms with E-state index in [1.54, 1.807) is 24.3 Å². The van der Waals surface area contributed by atoms with Crippen LogP contribution in [0.2, 0.25) is 0 Å². The lowest BCUT2D eigenvalue weighted by Crippen LogP contribution is -2.29. The van der Waals surface area contributed by atoms with Gasteiger partial charge in [0.2, 0.25) is 10.0 Å². The van der Waals surface area contributed by atoms with Gasteiger partial charge < -0.3 is 5.32 Å². The number of hydrogen-bond acceptors (Lipinski definition) is 4. The maximum Gasteiger partial charge on any atom is 0.251 e. The lowest BCUT2D eigenvalue weighted by atomic mass is 10.2. The van der Waals surface area contributed by atoms with Crippen LogP contribution in [0.1, 0.15) is 41.6 Å².